The molecule has 2 atom stereocenters. The number of aryl methyl sites for hydroxylation is 2. The second kappa shape index (κ2) is 18.3. The van der Waals surface area contributed by atoms with E-state index in [0.717, 1.165) is 30.5 Å². The maximum absolute atomic E-state index is 6.52. The van der Waals surface area contributed by atoms with E-state index in [-0.39, 0.29) is 29.8 Å². The number of ether oxygens (including phenoxy) is 2. The van der Waals surface area contributed by atoms with Crippen molar-refractivity contribution >= 4 is 58.8 Å². The minimum absolute atomic E-state index is 0. The molecule has 3 nitrogen and oxygen atoms in total. The third kappa shape index (κ3) is 9.68. The van der Waals surface area contributed by atoms with E-state index >= 15 is 0 Å². The molecular formula is C39H44Cl5NO2. The van der Waals surface area contributed by atoms with E-state index < -0.39 is 0 Å². The quantitative estimate of drug-likeness (QED) is 0.140. The Morgan fingerprint density at radius 3 is 1.60 bits per heavy atom. The summed E-state index contributed by atoms with van der Waals surface area (Å²) in [5, 5.41) is 6.67. The Morgan fingerprint density at radius 2 is 1.09 bits per heavy atom. The van der Waals surface area contributed by atoms with Gasteiger partial charge in [0.25, 0.3) is 0 Å². The van der Waals surface area contributed by atoms with Crippen LogP contribution in [0.25, 0.3) is 0 Å². The topological polar surface area (TPSA) is 30.5 Å². The molecule has 47 heavy (non-hydrogen) atoms. The standard InChI is InChI=1S/C39H43Cl4NO2.ClH/c1-27-12-4-6-14-30(27)29(23-45-24-32-35(40)16-10-17-36(32)41)22-44-39(20-8-3-9-21-39)34(31-15-7-5-13-28(31)2)26-46-25-33-37(42)18-11-19-38(33)43;/h4-7,10-19,29,34,44H,3,8-9,20-26H2,1-2H3;1H. The summed E-state index contributed by atoms with van der Waals surface area (Å²) in [6.07, 6.45) is 5.71. The van der Waals surface area contributed by atoms with Gasteiger partial charge in [-0.1, -0.05) is 126 Å². The summed E-state index contributed by atoms with van der Waals surface area (Å²) in [6, 6.07) is 28.5. The Hall–Kier alpha value is -1.79. The van der Waals surface area contributed by atoms with Crippen LogP contribution in [0.4, 0.5) is 0 Å². The van der Waals surface area contributed by atoms with Gasteiger partial charge in [0.2, 0.25) is 0 Å². The zero-order valence-corrected chi connectivity index (χ0v) is 30.9. The highest BCUT2D eigenvalue weighted by atomic mass is 35.5. The van der Waals surface area contributed by atoms with Crippen molar-refractivity contribution in [1.29, 1.82) is 0 Å². The van der Waals surface area contributed by atoms with Crippen LogP contribution in [0.5, 0.6) is 0 Å². The SMILES string of the molecule is Cc1ccccc1C(CNC1(C(COCc2c(Cl)cccc2Cl)c2ccccc2C)CCCCC1)COCc1c(Cl)cccc1Cl.Cl. The zero-order chi connectivity index (χ0) is 32.5. The van der Waals surface area contributed by atoms with Gasteiger partial charge in [-0.3, -0.25) is 0 Å². The van der Waals surface area contributed by atoms with Crippen molar-refractivity contribution in [2.45, 2.75) is 76.5 Å². The molecular weight excluding hydrogens is 692 g/mol. The second-order valence-electron chi connectivity index (χ2n) is 12.5. The van der Waals surface area contributed by atoms with Crippen molar-refractivity contribution in [1.82, 2.24) is 5.32 Å². The first kappa shape index (κ1) is 38.0. The first-order valence-corrected chi connectivity index (χ1v) is 17.7. The van der Waals surface area contributed by atoms with Gasteiger partial charge < -0.3 is 14.8 Å². The Morgan fingerprint density at radius 1 is 0.617 bits per heavy atom. The summed E-state index contributed by atoms with van der Waals surface area (Å²) in [5.41, 5.74) is 6.62. The van der Waals surface area contributed by atoms with Crippen LogP contribution in [0.2, 0.25) is 20.1 Å². The summed E-state index contributed by atoms with van der Waals surface area (Å²) in [7, 11) is 0. The molecule has 0 spiro atoms. The van der Waals surface area contributed by atoms with Crippen LogP contribution >= 0.6 is 58.8 Å². The van der Waals surface area contributed by atoms with Gasteiger partial charge in [0.1, 0.15) is 0 Å². The molecule has 4 aromatic carbocycles. The average molecular weight is 736 g/mol. The van der Waals surface area contributed by atoms with E-state index in [4.69, 9.17) is 55.9 Å². The van der Waals surface area contributed by atoms with Gasteiger partial charge in [-0.05, 0) is 73.2 Å². The fourth-order valence-electron chi connectivity index (χ4n) is 6.91. The number of hydrogen-bond acceptors (Lipinski definition) is 3. The summed E-state index contributed by atoms with van der Waals surface area (Å²) < 4.78 is 12.9. The van der Waals surface area contributed by atoms with Crippen LogP contribution in [-0.4, -0.2) is 25.3 Å². The highest BCUT2D eigenvalue weighted by Crippen LogP contribution is 2.42. The first-order valence-electron chi connectivity index (χ1n) is 16.2. The van der Waals surface area contributed by atoms with Gasteiger partial charge in [-0.25, -0.2) is 0 Å². The predicted molar refractivity (Wildman–Crippen MR) is 201 cm³/mol. The molecule has 0 amide bonds. The number of halogens is 5. The van der Waals surface area contributed by atoms with Crippen molar-refractivity contribution in [3.63, 3.8) is 0 Å². The van der Waals surface area contributed by atoms with Gasteiger partial charge in [-0.15, -0.1) is 12.4 Å². The molecule has 5 rings (SSSR count). The third-order valence-corrected chi connectivity index (χ3v) is 10.9. The molecule has 2 unspecified atom stereocenters. The van der Waals surface area contributed by atoms with E-state index in [1.54, 1.807) is 0 Å². The average Bonchev–Trinajstić information content (AvgIpc) is 3.05. The lowest BCUT2D eigenvalue weighted by atomic mass is 9.69. The van der Waals surface area contributed by atoms with Crippen molar-refractivity contribution in [3.05, 3.63) is 138 Å². The molecule has 0 aliphatic heterocycles. The smallest absolute Gasteiger partial charge is 0.0746 e. The maximum atomic E-state index is 6.52. The Labute approximate surface area is 306 Å². The minimum Gasteiger partial charge on any atom is -0.376 e. The third-order valence-electron chi connectivity index (χ3n) is 9.53. The van der Waals surface area contributed by atoms with Crippen LogP contribution in [0.3, 0.4) is 0 Å². The van der Waals surface area contributed by atoms with Gasteiger partial charge in [0.15, 0.2) is 0 Å². The van der Waals surface area contributed by atoms with Crippen LogP contribution in [0.1, 0.15) is 77.3 Å². The van der Waals surface area contributed by atoms with E-state index in [1.165, 1.54) is 41.5 Å². The van der Waals surface area contributed by atoms with Crippen molar-refractivity contribution < 1.29 is 9.47 Å². The highest BCUT2D eigenvalue weighted by Gasteiger charge is 2.41. The van der Waals surface area contributed by atoms with Crippen molar-refractivity contribution in [2.75, 3.05) is 19.8 Å². The molecule has 0 saturated heterocycles. The van der Waals surface area contributed by atoms with Gasteiger partial charge in [-0.2, -0.15) is 0 Å². The van der Waals surface area contributed by atoms with Crippen molar-refractivity contribution in [3.8, 4) is 0 Å². The summed E-state index contributed by atoms with van der Waals surface area (Å²) in [4.78, 5) is 0. The lowest BCUT2D eigenvalue weighted by Gasteiger charge is -2.46. The first-order chi connectivity index (χ1) is 22.3. The number of nitrogens with one attached hydrogen (secondary N) is 1. The lowest BCUT2D eigenvalue weighted by molar-refractivity contribution is 0.0573. The molecule has 1 fully saturated rings. The largest absolute Gasteiger partial charge is 0.376 e. The predicted octanol–water partition coefficient (Wildman–Crippen LogP) is 11.9. The molecule has 0 bridgehead atoms. The summed E-state index contributed by atoms with van der Waals surface area (Å²) in [5.74, 6) is 0.261. The fraction of sp³-hybridized carbons (Fsp3) is 0.385. The molecule has 1 aliphatic carbocycles. The number of benzene rings is 4. The van der Waals surface area contributed by atoms with Crippen LogP contribution in [0, 0.1) is 13.8 Å². The fourth-order valence-corrected chi connectivity index (χ4v) is 7.92. The maximum Gasteiger partial charge on any atom is 0.0746 e. The summed E-state index contributed by atoms with van der Waals surface area (Å²) in [6.45, 7) is 6.94. The monoisotopic (exact) mass is 733 g/mol. The molecule has 4 aromatic rings. The lowest BCUT2D eigenvalue weighted by Crippen LogP contribution is -2.54. The normalized spacial score (nSPS) is 15.5. The van der Waals surface area contributed by atoms with Crippen LogP contribution in [0.15, 0.2) is 84.9 Å². The molecule has 1 aliphatic rings. The Kier molecular flexibility index (Phi) is 14.8. The van der Waals surface area contributed by atoms with Gasteiger partial charge in [0, 0.05) is 55.1 Å². The van der Waals surface area contributed by atoms with Crippen molar-refractivity contribution in [2.24, 2.45) is 0 Å². The molecule has 252 valence electrons. The molecule has 0 aromatic heterocycles. The van der Waals surface area contributed by atoms with E-state index in [1.807, 2.05) is 36.4 Å². The van der Waals surface area contributed by atoms with E-state index in [0.29, 0.717) is 46.5 Å². The van der Waals surface area contributed by atoms with Crippen LogP contribution in [-0.2, 0) is 22.7 Å². The molecule has 1 saturated carbocycles. The molecule has 0 radical (unpaired) electrons. The molecule has 0 heterocycles. The number of rotatable bonds is 14. The van der Waals surface area contributed by atoms with E-state index in [9.17, 15) is 0 Å². The van der Waals surface area contributed by atoms with Crippen LogP contribution < -0.4 is 5.32 Å². The molecule has 1 N–H and O–H groups in total. The number of hydrogen-bond donors (Lipinski definition) is 1. The highest BCUT2D eigenvalue weighted by molar-refractivity contribution is 6.36. The second-order valence-corrected chi connectivity index (χ2v) is 14.1. The Balaban J connectivity index is 0.00000500. The van der Waals surface area contributed by atoms with E-state index in [2.05, 4.69) is 67.7 Å². The summed E-state index contributed by atoms with van der Waals surface area (Å²) >= 11 is 26.0. The molecule has 8 heteroatoms. The van der Waals surface area contributed by atoms with Gasteiger partial charge >= 0.3 is 0 Å². The Bertz CT molecular complexity index is 1550. The zero-order valence-electron chi connectivity index (χ0n) is 27.0. The van der Waals surface area contributed by atoms with Gasteiger partial charge in [0.05, 0.1) is 26.4 Å². The minimum atomic E-state index is -0.151.